The third-order valence-corrected chi connectivity index (χ3v) is 3.83. The number of hydrogen-bond acceptors (Lipinski definition) is 2. The second-order valence-electron chi connectivity index (χ2n) is 4.82. The van der Waals surface area contributed by atoms with E-state index in [1.54, 1.807) is 0 Å². The fourth-order valence-electron chi connectivity index (χ4n) is 1.92. The monoisotopic (exact) mass is 282 g/mol. The van der Waals surface area contributed by atoms with E-state index >= 15 is 0 Å². The number of hydrogen-bond donors (Lipinski definition) is 1. The summed E-state index contributed by atoms with van der Waals surface area (Å²) in [5.41, 5.74) is 8.32. The van der Waals surface area contributed by atoms with Crippen molar-refractivity contribution in [2.75, 3.05) is 18.5 Å². The lowest BCUT2D eigenvalue weighted by atomic mass is 10.1. The Hall–Kier alpha value is -0.540. The van der Waals surface area contributed by atoms with Gasteiger partial charge in [0.1, 0.15) is 0 Å². The van der Waals surface area contributed by atoms with E-state index in [4.69, 9.17) is 5.73 Å². The zero-order valence-electron chi connectivity index (χ0n) is 9.91. The summed E-state index contributed by atoms with van der Waals surface area (Å²) in [6.45, 7) is 3.18. The van der Waals surface area contributed by atoms with Crippen LogP contribution in [-0.4, -0.2) is 13.6 Å². The number of rotatable bonds is 4. The van der Waals surface area contributed by atoms with E-state index in [0.717, 1.165) is 10.4 Å². The zero-order valence-corrected chi connectivity index (χ0v) is 11.5. The molecule has 1 aliphatic rings. The highest BCUT2D eigenvalue weighted by Crippen LogP contribution is 2.32. The van der Waals surface area contributed by atoms with Crippen LogP contribution in [-0.2, 0) is 0 Å². The fourth-order valence-corrected chi connectivity index (χ4v) is 2.64. The van der Waals surface area contributed by atoms with E-state index in [9.17, 15) is 0 Å². The quantitative estimate of drug-likeness (QED) is 0.918. The van der Waals surface area contributed by atoms with Gasteiger partial charge in [0.25, 0.3) is 0 Å². The van der Waals surface area contributed by atoms with Crippen LogP contribution in [0.25, 0.3) is 0 Å². The van der Waals surface area contributed by atoms with E-state index in [1.807, 2.05) is 6.92 Å². The summed E-state index contributed by atoms with van der Waals surface area (Å²) in [6.07, 6.45) is 2.78. The first-order valence-electron chi connectivity index (χ1n) is 5.84. The molecule has 0 spiro atoms. The Morgan fingerprint density at radius 2 is 2.19 bits per heavy atom. The van der Waals surface area contributed by atoms with Gasteiger partial charge in [0.05, 0.1) is 0 Å². The van der Waals surface area contributed by atoms with E-state index < -0.39 is 0 Å². The molecule has 0 saturated heterocycles. The average Bonchev–Trinajstić information content (AvgIpc) is 3.00. The van der Waals surface area contributed by atoms with E-state index in [1.165, 1.54) is 30.6 Å². The van der Waals surface area contributed by atoms with Crippen LogP contribution >= 0.6 is 15.9 Å². The molecule has 1 saturated carbocycles. The van der Waals surface area contributed by atoms with E-state index in [-0.39, 0.29) is 6.04 Å². The molecule has 1 atom stereocenters. The zero-order chi connectivity index (χ0) is 11.7. The molecule has 3 heteroatoms. The predicted molar refractivity (Wildman–Crippen MR) is 72.7 cm³/mol. The van der Waals surface area contributed by atoms with Gasteiger partial charge in [-0.3, -0.25) is 0 Å². The summed E-state index contributed by atoms with van der Waals surface area (Å²) >= 11 is 3.59. The van der Waals surface area contributed by atoms with Gasteiger partial charge in [-0.05, 0) is 43.4 Å². The topological polar surface area (TPSA) is 29.3 Å². The van der Waals surface area contributed by atoms with Crippen LogP contribution in [0, 0.1) is 5.92 Å². The first-order chi connectivity index (χ1) is 7.58. The van der Waals surface area contributed by atoms with Gasteiger partial charge < -0.3 is 10.6 Å². The van der Waals surface area contributed by atoms with Gasteiger partial charge in [-0.2, -0.15) is 0 Å². The highest BCUT2D eigenvalue weighted by Gasteiger charge is 2.23. The van der Waals surface area contributed by atoms with Crippen molar-refractivity contribution in [3.05, 3.63) is 28.2 Å². The molecule has 1 aromatic carbocycles. The van der Waals surface area contributed by atoms with Crippen molar-refractivity contribution in [3.8, 4) is 0 Å². The maximum atomic E-state index is 5.89. The maximum Gasteiger partial charge on any atom is 0.0375 e. The molecule has 88 valence electrons. The molecule has 2 N–H and O–H groups in total. The molecule has 0 aromatic heterocycles. The Balaban J connectivity index is 2.12. The van der Waals surface area contributed by atoms with Gasteiger partial charge in [0.15, 0.2) is 0 Å². The number of nitrogens with zero attached hydrogens (tertiary/aromatic N) is 1. The molecule has 0 radical (unpaired) electrons. The molecule has 16 heavy (non-hydrogen) atoms. The van der Waals surface area contributed by atoms with E-state index in [0.29, 0.717) is 0 Å². The Labute approximate surface area is 106 Å². The van der Waals surface area contributed by atoms with Crippen LogP contribution < -0.4 is 10.6 Å². The van der Waals surface area contributed by atoms with Crippen LogP contribution in [0.1, 0.15) is 31.4 Å². The molecule has 0 amide bonds. The highest BCUT2D eigenvalue weighted by molar-refractivity contribution is 9.10. The molecule has 0 bridgehead atoms. The van der Waals surface area contributed by atoms with Crippen molar-refractivity contribution in [1.82, 2.24) is 0 Å². The van der Waals surface area contributed by atoms with Crippen LogP contribution in [0.15, 0.2) is 22.7 Å². The SMILES string of the molecule is CC(N)c1ccc(N(C)CC2CC2)cc1Br. The smallest absolute Gasteiger partial charge is 0.0375 e. The van der Waals surface area contributed by atoms with Gasteiger partial charge in [-0.25, -0.2) is 0 Å². The van der Waals surface area contributed by atoms with Crippen LogP contribution in [0.5, 0.6) is 0 Å². The lowest BCUT2D eigenvalue weighted by molar-refractivity contribution is 0.783. The lowest BCUT2D eigenvalue weighted by Gasteiger charge is -2.20. The molecule has 1 fully saturated rings. The summed E-state index contributed by atoms with van der Waals surface area (Å²) in [7, 11) is 2.16. The summed E-state index contributed by atoms with van der Waals surface area (Å²) in [5, 5.41) is 0. The van der Waals surface area contributed by atoms with Gasteiger partial charge in [0.2, 0.25) is 0 Å². The highest BCUT2D eigenvalue weighted by atomic mass is 79.9. The molecule has 0 aliphatic heterocycles. The molecule has 2 rings (SSSR count). The standard InChI is InChI=1S/C13H19BrN2/c1-9(15)12-6-5-11(7-13(12)14)16(2)8-10-3-4-10/h5-7,9-10H,3-4,8,15H2,1-2H3. The molecular weight excluding hydrogens is 264 g/mol. The number of anilines is 1. The van der Waals surface area contributed by atoms with Gasteiger partial charge in [0, 0.05) is 29.8 Å². The predicted octanol–water partition coefficient (Wildman–Crippen LogP) is 3.32. The number of benzene rings is 1. The van der Waals surface area contributed by atoms with Crippen molar-refractivity contribution >= 4 is 21.6 Å². The summed E-state index contributed by atoms with van der Waals surface area (Å²) < 4.78 is 1.11. The third kappa shape index (κ3) is 2.77. The van der Waals surface area contributed by atoms with Crippen molar-refractivity contribution in [3.63, 3.8) is 0 Å². The largest absolute Gasteiger partial charge is 0.374 e. The Bertz CT molecular complexity index is 372. The van der Waals surface area contributed by atoms with Crippen molar-refractivity contribution in [1.29, 1.82) is 0 Å². The average molecular weight is 283 g/mol. The Morgan fingerprint density at radius 3 is 2.69 bits per heavy atom. The molecule has 1 unspecified atom stereocenters. The molecule has 0 heterocycles. The molecule has 1 aromatic rings. The van der Waals surface area contributed by atoms with Crippen LogP contribution in [0.4, 0.5) is 5.69 Å². The second kappa shape index (κ2) is 4.76. The van der Waals surface area contributed by atoms with Gasteiger partial charge in [-0.15, -0.1) is 0 Å². The maximum absolute atomic E-state index is 5.89. The van der Waals surface area contributed by atoms with Crippen LogP contribution in [0.3, 0.4) is 0 Å². The van der Waals surface area contributed by atoms with E-state index in [2.05, 4.69) is 46.1 Å². The minimum atomic E-state index is 0.0807. The fraction of sp³-hybridized carbons (Fsp3) is 0.538. The minimum absolute atomic E-state index is 0.0807. The number of nitrogens with two attached hydrogens (primary N) is 1. The number of halogens is 1. The molecule has 2 nitrogen and oxygen atoms in total. The van der Waals surface area contributed by atoms with Crippen molar-refractivity contribution < 1.29 is 0 Å². The summed E-state index contributed by atoms with van der Waals surface area (Å²) in [6, 6.07) is 6.53. The van der Waals surface area contributed by atoms with Gasteiger partial charge >= 0.3 is 0 Å². The first-order valence-corrected chi connectivity index (χ1v) is 6.63. The van der Waals surface area contributed by atoms with Crippen molar-refractivity contribution in [2.45, 2.75) is 25.8 Å². The molecule has 1 aliphatic carbocycles. The Morgan fingerprint density at radius 1 is 1.50 bits per heavy atom. The lowest BCUT2D eigenvalue weighted by Crippen LogP contribution is -2.20. The second-order valence-corrected chi connectivity index (χ2v) is 5.67. The first kappa shape index (κ1) is 11.9. The normalized spacial score (nSPS) is 17.2. The molecular formula is C13H19BrN2. The summed E-state index contributed by atoms with van der Waals surface area (Å²) in [4.78, 5) is 2.33. The van der Waals surface area contributed by atoms with Crippen molar-refractivity contribution in [2.24, 2.45) is 11.7 Å². The van der Waals surface area contributed by atoms with Crippen LogP contribution in [0.2, 0.25) is 0 Å². The minimum Gasteiger partial charge on any atom is -0.374 e. The summed E-state index contributed by atoms with van der Waals surface area (Å²) in [5.74, 6) is 0.914. The Kier molecular flexibility index (Phi) is 3.55. The third-order valence-electron chi connectivity index (χ3n) is 3.14. The van der Waals surface area contributed by atoms with Gasteiger partial charge in [-0.1, -0.05) is 22.0 Å².